The molecule has 1 heterocycles. The van der Waals surface area contributed by atoms with Crippen LogP contribution in [0.4, 0.5) is 4.79 Å². The van der Waals surface area contributed by atoms with Crippen LogP contribution in [0.2, 0.25) is 0 Å². The Labute approximate surface area is 123 Å². The van der Waals surface area contributed by atoms with Crippen molar-refractivity contribution < 1.29 is 24.3 Å². The van der Waals surface area contributed by atoms with Crippen LogP contribution in [-0.4, -0.2) is 63.4 Å². The minimum absolute atomic E-state index is 0.200. The lowest BCUT2D eigenvalue weighted by molar-refractivity contribution is -0.144. The average Bonchev–Trinajstić information content (AvgIpc) is 2.33. The molecule has 1 aliphatic heterocycles. The van der Waals surface area contributed by atoms with Gasteiger partial charge in [0.25, 0.3) is 5.91 Å². The summed E-state index contributed by atoms with van der Waals surface area (Å²) in [6.45, 7) is 6.48. The van der Waals surface area contributed by atoms with Gasteiger partial charge in [0.1, 0.15) is 12.1 Å². The van der Waals surface area contributed by atoms with Gasteiger partial charge in [-0.1, -0.05) is 0 Å². The van der Waals surface area contributed by atoms with E-state index in [1.54, 1.807) is 27.7 Å². The molecule has 1 aliphatic rings. The second-order valence-electron chi connectivity index (χ2n) is 5.54. The van der Waals surface area contributed by atoms with Crippen molar-refractivity contribution in [2.75, 3.05) is 13.1 Å². The molecule has 0 saturated carbocycles. The maximum absolute atomic E-state index is 12.6. The molecule has 0 aromatic heterocycles. The van der Waals surface area contributed by atoms with Crippen molar-refractivity contribution in [3.05, 3.63) is 0 Å². The van der Waals surface area contributed by atoms with Crippen molar-refractivity contribution in [2.24, 2.45) is 0 Å². The van der Waals surface area contributed by atoms with Crippen LogP contribution in [-0.2, 0) is 14.4 Å². The standard InChI is InChI=1S/C13H21N3O5/c1-5-15(8(2)6-10(18)19)12(21)16-7-9(17)14-11(20)13(16,3)4/h8H,5-7H2,1-4H3,(H,18,19)(H,14,17,20). The van der Waals surface area contributed by atoms with Gasteiger partial charge < -0.3 is 14.9 Å². The summed E-state index contributed by atoms with van der Waals surface area (Å²) in [5, 5.41) is 11.0. The quantitative estimate of drug-likeness (QED) is 0.712. The highest BCUT2D eigenvalue weighted by Crippen LogP contribution is 2.21. The van der Waals surface area contributed by atoms with E-state index in [1.165, 1.54) is 9.80 Å². The van der Waals surface area contributed by atoms with Gasteiger partial charge >= 0.3 is 12.0 Å². The SMILES string of the molecule is CCN(C(=O)N1CC(=O)NC(=O)C1(C)C)C(C)CC(=O)O. The van der Waals surface area contributed by atoms with Gasteiger partial charge in [0, 0.05) is 12.6 Å². The van der Waals surface area contributed by atoms with Crippen molar-refractivity contribution >= 4 is 23.8 Å². The molecule has 0 bridgehead atoms. The van der Waals surface area contributed by atoms with Crippen LogP contribution in [0.25, 0.3) is 0 Å². The summed E-state index contributed by atoms with van der Waals surface area (Å²) < 4.78 is 0. The third-order valence-corrected chi connectivity index (χ3v) is 3.60. The van der Waals surface area contributed by atoms with Gasteiger partial charge in [0.2, 0.25) is 5.91 Å². The molecular weight excluding hydrogens is 278 g/mol. The van der Waals surface area contributed by atoms with Crippen LogP contribution < -0.4 is 5.32 Å². The number of carboxylic acid groups (broad SMARTS) is 1. The zero-order valence-corrected chi connectivity index (χ0v) is 12.7. The first-order valence-electron chi connectivity index (χ1n) is 6.75. The monoisotopic (exact) mass is 299 g/mol. The number of nitrogens with zero attached hydrogens (tertiary/aromatic N) is 2. The third-order valence-electron chi connectivity index (χ3n) is 3.60. The molecule has 1 unspecified atom stereocenters. The minimum Gasteiger partial charge on any atom is -0.481 e. The van der Waals surface area contributed by atoms with Crippen molar-refractivity contribution in [3.8, 4) is 0 Å². The predicted octanol–water partition coefficient (Wildman–Crippen LogP) is 0.0285. The van der Waals surface area contributed by atoms with E-state index in [-0.39, 0.29) is 19.5 Å². The second kappa shape index (κ2) is 6.11. The molecule has 0 aliphatic carbocycles. The van der Waals surface area contributed by atoms with Crippen LogP contribution in [0.15, 0.2) is 0 Å². The van der Waals surface area contributed by atoms with E-state index in [0.717, 1.165) is 0 Å². The van der Waals surface area contributed by atoms with Crippen molar-refractivity contribution in [3.63, 3.8) is 0 Å². The van der Waals surface area contributed by atoms with Gasteiger partial charge in [0.15, 0.2) is 0 Å². The number of rotatable bonds is 4. The number of hydrogen-bond acceptors (Lipinski definition) is 4. The molecule has 0 radical (unpaired) electrons. The number of aliphatic carboxylic acids is 1. The third kappa shape index (κ3) is 3.50. The highest BCUT2D eigenvalue weighted by molar-refractivity contribution is 6.06. The lowest BCUT2D eigenvalue weighted by atomic mass is 9.99. The lowest BCUT2D eigenvalue weighted by Gasteiger charge is -2.43. The summed E-state index contributed by atoms with van der Waals surface area (Å²) in [6, 6.07) is -1.05. The maximum atomic E-state index is 12.6. The Balaban J connectivity index is 2.99. The molecular formula is C13H21N3O5. The van der Waals surface area contributed by atoms with Crippen LogP contribution in [0, 0.1) is 0 Å². The summed E-state index contributed by atoms with van der Waals surface area (Å²) in [5.41, 5.74) is -1.17. The van der Waals surface area contributed by atoms with E-state index in [2.05, 4.69) is 5.32 Å². The topological polar surface area (TPSA) is 107 Å². The lowest BCUT2D eigenvalue weighted by Crippen LogP contribution is -2.67. The summed E-state index contributed by atoms with van der Waals surface area (Å²) in [7, 11) is 0. The molecule has 8 heteroatoms. The normalized spacial score (nSPS) is 19.0. The summed E-state index contributed by atoms with van der Waals surface area (Å²) >= 11 is 0. The first kappa shape index (κ1) is 16.9. The Morgan fingerprint density at radius 2 is 2.00 bits per heavy atom. The molecule has 8 nitrogen and oxygen atoms in total. The number of nitrogens with one attached hydrogen (secondary N) is 1. The molecule has 1 saturated heterocycles. The minimum atomic E-state index is -1.17. The fourth-order valence-electron chi connectivity index (χ4n) is 2.24. The number of carbonyl (C=O) groups excluding carboxylic acids is 3. The van der Waals surface area contributed by atoms with Crippen LogP contribution >= 0.6 is 0 Å². The summed E-state index contributed by atoms with van der Waals surface area (Å²) in [5.74, 6) is -2.11. The smallest absolute Gasteiger partial charge is 0.321 e. The molecule has 118 valence electrons. The van der Waals surface area contributed by atoms with Gasteiger partial charge in [-0.15, -0.1) is 0 Å². The van der Waals surface area contributed by atoms with E-state index in [4.69, 9.17) is 5.11 Å². The van der Waals surface area contributed by atoms with E-state index in [9.17, 15) is 19.2 Å². The largest absolute Gasteiger partial charge is 0.481 e. The first-order chi connectivity index (χ1) is 9.61. The molecule has 1 atom stereocenters. The highest BCUT2D eigenvalue weighted by atomic mass is 16.4. The Morgan fingerprint density at radius 3 is 2.48 bits per heavy atom. The molecule has 1 rings (SSSR count). The molecule has 1 fully saturated rings. The van der Waals surface area contributed by atoms with E-state index >= 15 is 0 Å². The van der Waals surface area contributed by atoms with E-state index in [0.29, 0.717) is 0 Å². The molecule has 0 aromatic carbocycles. The Morgan fingerprint density at radius 1 is 1.43 bits per heavy atom. The first-order valence-corrected chi connectivity index (χ1v) is 6.75. The fourth-order valence-corrected chi connectivity index (χ4v) is 2.24. The second-order valence-corrected chi connectivity index (χ2v) is 5.54. The van der Waals surface area contributed by atoms with E-state index < -0.39 is 35.4 Å². The predicted molar refractivity (Wildman–Crippen MR) is 73.4 cm³/mol. The number of carboxylic acids is 1. The van der Waals surface area contributed by atoms with Crippen molar-refractivity contribution in [2.45, 2.75) is 45.7 Å². The summed E-state index contributed by atoms with van der Waals surface area (Å²) in [4.78, 5) is 49.3. The number of imide groups is 1. The molecule has 0 aromatic rings. The fraction of sp³-hybridized carbons (Fsp3) is 0.692. The molecule has 21 heavy (non-hydrogen) atoms. The van der Waals surface area contributed by atoms with Gasteiger partial charge in [-0.3, -0.25) is 19.7 Å². The summed E-state index contributed by atoms with van der Waals surface area (Å²) in [6.07, 6.45) is -0.200. The van der Waals surface area contributed by atoms with E-state index in [1.807, 2.05) is 0 Å². The molecule has 2 N–H and O–H groups in total. The molecule has 0 spiro atoms. The average molecular weight is 299 g/mol. The van der Waals surface area contributed by atoms with Crippen molar-refractivity contribution in [1.29, 1.82) is 0 Å². The number of hydrogen-bond donors (Lipinski definition) is 2. The number of amides is 4. The Hall–Kier alpha value is -2.12. The zero-order chi connectivity index (χ0) is 16.4. The molecule has 4 amide bonds. The maximum Gasteiger partial charge on any atom is 0.321 e. The number of piperazine rings is 1. The van der Waals surface area contributed by atoms with Crippen LogP contribution in [0.5, 0.6) is 0 Å². The van der Waals surface area contributed by atoms with Crippen LogP contribution in [0.3, 0.4) is 0 Å². The van der Waals surface area contributed by atoms with Gasteiger partial charge in [-0.2, -0.15) is 0 Å². The van der Waals surface area contributed by atoms with Gasteiger partial charge in [0.05, 0.1) is 6.42 Å². The van der Waals surface area contributed by atoms with Crippen molar-refractivity contribution in [1.82, 2.24) is 15.1 Å². The van der Waals surface area contributed by atoms with Gasteiger partial charge in [-0.05, 0) is 27.7 Å². The van der Waals surface area contributed by atoms with Crippen LogP contribution in [0.1, 0.15) is 34.1 Å². The Kier molecular flexibility index (Phi) is 4.93. The number of urea groups is 1. The van der Waals surface area contributed by atoms with Gasteiger partial charge in [-0.25, -0.2) is 4.79 Å². The highest BCUT2D eigenvalue weighted by Gasteiger charge is 2.45. The Bertz CT molecular complexity index is 474. The zero-order valence-electron chi connectivity index (χ0n) is 12.7. The number of carbonyl (C=O) groups is 4.